The third-order valence-electron chi connectivity index (χ3n) is 3.32. The van der Waals surface area contributed by atoms with Gasteiger partial charge in [0.15, 0.2) is 4.75 Å². The van der Waals surface area contributed by atoms with Crippen molar-refractivity contribution in [3.8, 4) is 0 Å². The fourth-order valence-electron chi connectivity index (χ4n) is 2.06. The molecule has 0 heterocycles. The molecule has 3 nitrogen and oxygen atoms in total. The van der Waals surface area contributed by atoms with Gasteiger partial charge in [0.25, 0.3) is 0 Å². The number of nitrogens with zero attached hydrogens (tertiary/aromatic N) is 1. The molecule has 2 aromatic rings. The number of carbonyl (C=O) groups excluding carboxylic acids is 1. The minimum Gasteiger partial charge on any atom is -0.591 e. The molecule has 1 unspecified atom stereocenters. The van der Waals surface area contributed by atoms with Gasteiger partial charge >= 0.3 is 0 Å². The van der Waals surface area contributed by atoms with Crippen LogP contribution >= 0.6 is 0 Å². The maximum atomic E-state index is 12.4. The quantitative estimate of drug-likeness (QED) is 0.465. The molecule has 0 saturated heterocycles. The molecule has 0 aliphatic carbocycles. The average molecular weight is 313 g/mol. The van der Waals surface area contributed by atoms with Crippen LogP contribution in [0.5, 0.6) is 0 Å². The number of benzene rings is 2. The van der Waals surface area contributed by atoms with Crippen molar-refractivity contribution in [3.05, 3.63) is 71.3 Å². The molecule has 0 spiro atoms. The van der Waals surface area contributed by atoms with Crippen LogP contribution in [-0.4, -0.2) is 21.8 Å². The van der Waals surface area contributed by atoms with Crippen molar-refractivity contribution in [2.45, 2.75) is 25.0 Å². The molecule has 2 rings (SSSR count). The van der Waals surface area contributed by atoms with E-state index in [1.54, 1.807) is 18.3 Å². The zero-order valence-corrected chi connectivity index (χ0v) is 13.5. The van der Waals surface area contributed by atoms with Crippen LogP contribution in [-0.2, 0) is 17.8 Å². The first-order valence-electron chi connectivity index (χ1n) is 7.06. The minimum atomic E-state index is -1.34. The summed E-state index contributed by atoms with van der Waals surface area (Å²) in [7, 11) is 0. The smallest absolute Gasteiger partial charge is 0.151 e. The molecule has 0 N–H and O–H groups in total. The highest BCUT2D eigenvalue weighted by Crippen LogP contribution is 2.24. The summed E-state index contributed by atoms with van der Waals surface area (Å²) >= 11 is -1.34. The fraction of sp³-hybridized carbons (Fsp3) is 0.222. The van der Waals surface area contributed by atoms with Gasteiger partial charge in [-0.15, -0.1) is 0 Å². The van der Waals surface area contributed by atoms with Crippen LogP contribution in [0.4, 0.5) is 0 Å². The highest BCUT2D eigenvalue weighted by molar-refractivity contribution is 7.91. The van der Waals surface area contributed by atoms with Gasteiger partial charge in [-0.2, -0.15) is 0 Å². The van der Waals surface area contributed by atoms with E-state index in [4.69, 9.17) is 0 Å². The summed E-state index contributed by atoms with van der Waals surface area (Å²) in [5.74, 6) is 0. The second-order valence-corrected chi connectivity index (χ2v) is 7.50. The molecule has 0 bridgehead atoms. The lowest BCUT2D eigenvalue weighted by atomic mass is 10.0. The second kappa shape index (κ2) is 7.38. The van der Waals surface area contributed by atoms with E-state index in [1.807, 2.05) is 56.3 Å². The molecule has 114 valence electrons. The Balaban J connectivity index is 2.04. The minimum absolute atomic E-state index is 0.478. The van der Waals surface area contributed by atoms with Gasteiger partial charge in [-0.05, 0) is 25.0 Å². The van der Waals surface area contributed by atoms with Gasteiger partial charge in [-0.3, -0.25) is 4.79 Å². The number of aldehydes is 1. The first-order valence-corrected chi connectivity index (χ1v) is 8.17. The van der Waals surface area contributed by atoms with E-state index in [-0.39, 0.29) is 0 Å². The number of hydrogen-bond donors (Lipinski definition) is 0. The second-order valence-electron chi connectivity index (χ2n) is 5.69. The van der Waals surface area contributed by atoms with Crippen molar-refractivity contribution in [1.82, 2.24) is 0 Å². The van der Waals surface area contributed by atoms with E-state index < -0.39 is 16.1 Å². The molecule has 4 heteroatoms. The van der Waals surface area contributed by atoms with Gasteiger partial charge in [0.2, 0.25) is 0 Å². The largest absolute Gasteiger partial charge is 0.591 e. The molecule has 0 saturated carbocycles. The molecule has 0 radical (unpaired) electrons. The van der Waals surface area contributed by atoms with Crippen LogP contribution < -0.4 is 0 Å². The van der Waals surface area contributed by atoms with Crippen LogP contribution in [0.1, 0.15) is 35.3 Å². The summed E-state index contributed by atoms with van der Waals surface area (Å²) in [4.78, 5) is 10.7. The van der Waals surface area contributed by atoms with Crippen molar-refractivity contribution < 1.29 is 9.35 Å². The predicted molar refractivity (Wildman–Crippen MR) is 91.8 cm³/mol. The number of hydrogen-bond acceptors (Lipinski definition) is 3. The molecule has 0 aliphatic rings. The number of rotatable bonds is 6. The molecule has 22 heavy (non-hydrogen) atoms. The van der Waals surface area contributed by atoms with E-state index >= 15 is 0 Å². The summed E-state index contributed by atoms with van der Waals surface area (Å²) in [6.45, 7) is 3.86. The summed E-state index contributed by atoms with van der Waals surface area (Å²) in [6, 6.07) is 16.9. The summed E-state index contributed by atoms with van der Waals surface area (Å²) in [5.41, 5.74) is 2.62. The maximum Gasteiger partial charge on any atom is 0.151 e. The zero-order chi connectivity index (χ0) is 16.0. The summed E-state index contributed by atoms with van der Waals surface area (Å²) < 4.78 is 16.1. The van der Waals surface area contributed by atoms with Gasteiger partial charge in [0.1, 0.15) is 17.6 Å². The molecule has 2 aromatic carbocycles. The number of carbonyl (C=O) groups is 1. The molecule has 0 amide bonds. The van der Waals surface area contributed by atoms with Crippen LogP contribution in [0.15, 0.2) is 59.0 Å². The van der Waals surface area contributed by atoms with Gasteiger partial charge in [0, 0.05) is 12.0 Å². The standard InChI is InChI=1S/C18H19NO2S/c1-18(2,12-15-8-10-17(14-20)11-9-15)22(21)19-13-16-6-4-3-5-7-16/h3-11,13-14H,12H2,1-2H3. The highest BCUT2D eigenvalue weighted by Gasteiger charge is 2.32. The van der Waals surface area contributed by atoms with Crippen molar-refractivity contribution in [3.63, 3.8) is 0 Å². The third-order valence-corrected chi connectivity index (χ3v) is 4.70. The first-order chi connectivity index (χ1) is 10.5. The highest BCUT2D eigenvalue weighted by atomic mass is 32.2. The molecule has 0 aliphatic heterocycles. The molecular weight excluding hydrogens is 294 g/mol. The Morgan fingerprint density at radius 2 is 1.68 bits per heavy atom. The van der Waals surface area contributed by atoms with Crippen molar-refractivity contribution in [2.24, 2.45) is 4.40 Å². The maximum absolute atomic E-state index is 12.4. The van der Waals surface area contributed by atoms with Gasteiger partial charge in [0.05, 0.1) is 6.21 Å². The molecular formula is C18H19NO2S. The predicted octanol–water partition coefficient (Wildman–Crippen LogP) is 3.60. The van der Waals surface area contributed by atoms with Crippen molar-refractivity contribution >= 4 is 23.9 Å². The van der Waals surface area contributed by atoms with E-state index in [0.717, 1.165) is 17.4 Å². The Labute approximate surface area is 134 Å². The Kier molecular flexibility index (Phi) is 5.52. The van der Waals surface area contributed by atoms with Gasteiger partial charge in [-0.1, -0.05) is 59.0 Å². The van der Waals surface area contributed by atoms with Crippen LogP contribution in [0, 0.1) is 0 Å². The third kappa shape index (κ3) is 4.55. The average Bonchev–Trinajstić information content (AvgIpc) is 2.54. The van der Waals surface area contributed by atoms with Gasteiger partial charge in [-0.25, -0.2) is 0 Å². The lowest BCUT2D eigenvalue weighted by Gasteiger charge is -2.23. The van der Waals surface area contributed by atoms with Gasteiger partial charge < -0.3 is 4.55 Å². The first kappa shape index (κ1) is 16.5. The van der Waals surface area contributed by atoms with Crippen molar-refractivity contribution in [1.29, 1.82) is 0 Å². The lowest BCUT2D eigenvalue weighted by molar-refractivity contribution is 0.112. The summed E-state index contributed by atoms with van der Waals surface area (Å²) in [6.07, 6.45) is 3.09. The Morgan fingerprint density at radius 1 is 1.05 bits per heavy atom. The fourth-order valence-corrected chi connectivity index (χ4v) is 2.85. The van der Waals surface area contributed by atoms with E-state index in [9.17, 15) is 9.35 Å². The summed E-state index contributed by atoms with van der Waals surface area (Å²) in [5, 5.41) is 0. The van der Waals surface area contributed by atoms with E-state index in [1.165, 1.54) is 0 Å². The van der Waals surface area contributed by atoms with Crippen LogP contribution in [0.3, 0.4) is 0 Å². The van der Waals surface area contributed by atoms with E-state index in [0.29, 0.717) is 12.0 Å². The lowest BCUT2D eigenvalue weighted by Crippen LogP contribution is -2.33. The molecule has 1 atom stereocenters. The molecule has 0 fully saturated rings. The van der Waals surface area contributed by atoms with Crippen LogP contribution in [0.2, 0.25) is 0 Å². The SMILES string of the molecule is CC(C)(Cc1ccc(C=O)cc1)[S+]([O-])N=Cc1ccccc1. The Morgan fingerprint density at radius 3 is 2.27 bits per heavy atom. The zero-order valence-electron chi connectivity index (χ0n) is 12.7. The van der Waals surface area contributed by atoms with Crippen LogP contribution in [0.25, 0.3) is 0 Å². The molecule has 0 aromatic heterocycles. The Bertz CT molecular complexity index is 636. The normalized spacial score (nSPS) is 13.2. The van der Waals surface area contributed by atoms with E-state index in [2.05, 4.69) is 4.40 Å². The van der Waals surface area contributed by atoms with Crippen molar-refractivity contribution in [2.75, 3.05) is 0 Å². The topological polar surface area (TPSA) is 52.5 Å². The Hall–Kier alpha value is -1.91. The monoisotopic (exact) mass is 313 g/mol.